The Labute approximate surface area is 127 Å². The van der Waals surface area contributed by atoms with Gasteiger partial charge in [0.25, 0.3) is 0 Å². The van der Waals surface area contributed by atoms with Crippen LogP contribution < -0.4 is 10.2 Å². The highest BCUT2D eigenvalue weighted by atomic mass is 16.2. The van der Waals surface area contributed by atoms with E-state index in [0.717, 1.165) is 32.5 Å². The second kappa shape index (κ2) is 6.06. The van der Waals surface area contributed by atoms with Gasteiger partial charge in [-0.05, 0) is 38.8 Å². The van der Waals surface area contributed by atoms with E-state index in [2.05, 4.69) is 53.2 Å². The number of aryl methyl sites for hydroxylation is 1. The molecule has 1 aromatic carbocycles. The summed E-state index contributed by atoms with van der Waals surface area (Å²) in [5.41, 5.74) is 2.58. The first-order chi connectivity index (χ1) is 10.1. The fourth-order valence-corrected chi connectivity index (χ4v) is 3.00. The zero-order valence-corrected chi connectivity index (χ0v) is 13.0. The summed E-state index contributed by atoms with van der Waals surface area (Å²) in [7, 11) is 0. The maximum absolute atomic E-state index is 11.9. The summed E-state index contributed by atoms with van der Waals surface area (Å²) in [5, 5.41) is 3.07. The fourth-order valence-electron chi connectivity index (χ4n) is 3.00. The Kier molecular flexibility index (Phi) is 4.15. The van der Waals surface area contributed by atoms with Gasteiger partial charge in [-0.2, -0.15) is 0 Å². The van der Waals surface area contributed by atoms with E-state index in [-0.39, 0.29) is 5.91 Å². The van der Waals surface area contributed by atoms with Crippen LogP contribution in [0.2, 0.25) is 0 Å². The number of carbonyl (C=O) groups is 1. The van der Waals surface area contributed by atoms with Crippen LogP contribution in [0.3, 0.4) is 0 Å². The highest BCUT2D eigenvalue weighted by Gasteiger charge is 2.27. The Balaban J connectivity index is 1.53. The highest BCUT2D eigenvalue weighted by Crippen LogP contribution is 2.21. The number of amides is 1. The van der Waals surface area contributed by atoms with Gasteiger partial charge in [-0.3, -0.25) is 9.69 Å². The van der Waals surface area contributed by atoms with Crippen molar-refractivity contribution in [3.05, 3.63) is 29.8 Å². The van der Waals surface area contributed by atoms with Gasteiger partial charge in [-0.15, -0.1) is 0 Å². The fraction of sp³-hybridized carbons (Fsp3) is 0.588. The third-order valence-electron chi connectivity index (χ3n) is 4.39. The first kappa shape index (κ1) is 14.4. The second-order valence-corrected chi connectivity index (χ2v) is 6.45. The molecule has 2 aliphatic rings. The Hall–Kier alpha value is -1.55. The molecule has 21 heavy (non-hydrogen) atoms. The smallest absolute Gasteiger partial charge is 0.234 e. The number of piperazine rings is 1. The van der Waals surface area contributed by atoms with Crippen molar-refractivity contribution < 1.29 is 4.79 Å². The molecule has 0 aromatic heterocycles. The van der Waals surface area contributed by atoms with Crippen LogP contribution in [-0.2, 0) is 4.79 Å². The van der Waals surface area contributed by atoms with Crippen molar-refractivity contribution in [2.24, 2.45) is 0 Å². The van der Waals surface area contributed by atoms with E-state index in [4.69, 9.17) is 0 Å². The van der Waals surface area contributed by atoms with Gasteiger partial charge >= 0.3 is 0 Å². The zero-order valence-electron chi connectivity index (χ0n) is 13.0. The number of benzene rings is 1. The van der Waals surface area contributed by atoms with Crippen molar-refractivity contribution in [1.82, 2.24) is 10.2 Å². The van der Waals surface area contributed by atoms with E-state index in [9.17, 15) is 4.79 Å². The number of nitrogens with one attached hydrogen (secondary N) is 1. The number of hydrogen-bond donors (Lipinski definition) is 1. The van der Waals surface area contributed by atoms with E-state index in [1.165, 1.54) is 11.3 Å². The minimum Gasteiger partial charge on any atom is -0.366 e. The quantitative estimate of drug-likeness (QED) is 0.917. The number of carbonyl (C=O) groups excluding carboxylic acids is 1. The number of nitrogens with zero attached hydrogens (tertiary/aromatic N) is 2. The van der Waals surface area contributed by atoms with Crippen LogP contribution in [0.5, 0.6) is 0 Å². The Morgan fingerprint density at radius 2 is 1.95 bits per heavy atom. The predicted octanol–water partition coefficient (Wildman–Crippen LogP) is 1.78. The molecule has 3 rings (SSSR count). The van der Waals surface area contributed by atoms with Gasteiger partial charge in [0.1, 0.15) is 0 Å². The minimum atomic E-state index is 0.188. The predicted molar refractivity (Wildman–Crippen MR) is 85.6 cm³/mol. The van der Waals surface area contributed by atoms with Crippen LogP contribution in [0.25, 0.3) is 0 Å². The molecule has 1 saturated carbocycles. The van der Waals surface area contributed by atoms with Gasteiger partial charge in [0.05, 0.1) is 6.54 Å². The Morgan fingerprint density at radius 1 is 1.24 bits per heavy atom. The SMILES string of the molecule is Cc1ccc(N2CCN(CC(=O)NC3CC3)CC2C)cc1. The van der Waals surface area contributed by atoms with Crippen LogP contribution in [0.1, 0.15) is 25.3 Å². The molecule has 1 aliphatic heterocycles. The van der Waals surface area contributed by atoms with E-state index >= 15 is 0 Å². The molecule has 1 aliphatic carbocycles. The van der Waals surface area contributed by atoms with E-state index in [1.54, 1.807) is 0 Å². The summed E-state index contributed by atoms with van der Waals surface area (Å²) in [4.78, 5) is 16.6. The molecule has 1 atom stereocenters. The summed E-state index contributed by atoms with van der Waals surface area (Å²) >= 11 is 0. The Morgan fingerprint density at radius 3 is 2.57 bits per heavy atom. The monoisotopic (exact) mass is 287 g/mol. The standard InChI is InChI=1S/C17H25N3O/c1-13-3-7-16(8-4-13)20-10-9-19(11-14(20)2)12-17(21)18-15-5-6-15/h3-4,7-8,14-15H,5-6,9-12H2,1-2H3,(H,18,21). The van der Waals surface area contributed by atoms with Crippen LogP contribution in [0, 0.1) is 6.92 Å². The van der Waals surface area contributed by atoms with Crippen molar-refractivity contribution in [1.29, 1.82) is 0 Å². The zero-order chi connectivity index (χ0) is 14.8. The summed E-state index contributed by atoms with van der Waals surface area (Å²) in [6, 6.07) is 9.62. The molecule has 1 aromatic rings. The second-order valence-electron chi connectivity index (χ2n) is 6.45. The molecule has 2 fully saturated rings. The summed E-state index contributed by atoms with van der Waals surface area (Å²) < 4.78 is 0. The summed E-state index contributed by atoms with van der Waals surface area (Å²) in [5.74, 6) is 0.188. The first-order valence-electron chi connectivity index (χ1n) is 7.97. The first-order valence-corrected chi connectivity index (χ1v) is 7.97. The summed E-state index contributed by atoms with van der Waals surface area (Å²) in [6.45, 7) is 7.79. The molecule has 0 bridgehead atoms. The van der Waals surface area contributed by atoms with Crippen molar-refractivity contribution in [3.63, 3.8) is 0 Å². The molecule has 1 heterocycles. The van der Waals surface area contributed by atoms with E-state index < -0.39 is 0 Å². The normalized spacial score (nSPS) is 23.1. The molecule has 4 nitrogen and oxygen atoms in total. The van der Waals surface area contributed by atoms with Gasteiger partial charge in [0.15, 0.2) is 0 Å². The average Bonchev–Trinajstić information content (AvgIpc) is 3.24. The van der Waals surface area contributed by atoms with Crippen molar-refractivity contribution >= 4 is 11.6 Å². The maximum atomic E-state index is 11.9. The minimum absolute atomic E-state index is 0.188. The molecule has 1 unspecified atom stereocenters. The molecule has 0 radical (unpaired) electrons. The molecule has 1 saturated heterocycles. The third-order valence-corrected chi connectivity index (χ3v) is 4.39. The van der Waals surface area contributed by atoms with Gasteiger partial charge < -0.3 is 10.2 Å². The molecule has 4 heteroatoms. The van der Waals surface area contributed by atoms with Gasteiger partial charge in [-0.25, -0.2) is 0 Å². The van der Waals surface area contributed by atoms with Crippen molar-refractivity contribution in [2.45, 2.75) is 38.8 Å². The average molecular weight is 287 g/mol. The van der Waals surface area contributed by atoms with Crippen LogP contribution >= 0.6 is 0 Å². The lowest BCUT2D eigenvalue weighted by Crippen LogP contribution is -2.54. The molecular weight excluding hydrogens is 262 g/mol. The topological polar surface area (TPSA) is 35.6 Å². The molecule has 1 N–H and O–H groups in total. The molecule has 0 spiro atoms. The van der Waals surface area contributed by atoms with Crippen molar-refractivity contribution in [2.75, 3.05) is 31.1 Å². The highest BCUT2D eigenvalue weighted by molar-refractivity contribution is 5.78. The molecular formula is C17H25N3O. The largest absolute Gasteiger partial charge is 0.366 e. The Bertz CT molecular complexity index is 495. The van der Waals surface area contributed by atoms with Crippen LogP contribution in [-0.4, -0.2) is 49.1 Å². The lowest BCUT2D eigenvalue weighted by atomic mass is 10.1. The van der Waals surface area contributed by atoms with Crippen LogP contribution in [0.15, 0.2) is 24.3 Å². The van der Waals surface area contributed by atoms with Gasteiger partial charge in [0.2, 0.25) is 5.91 Å². The lowest BCUT2D eigenvalue weighted by Gasteiger charge is -2.41. The lowest BCUT2D eigenvalue weighted by molar-refractivity contribution is -0.122. The van der Waals surface area contributed by atoms with Gasteiger partial charge in [0, 0.05) is 37.4 Å². The third kappa shape index (κ3) is 3.76. The number of anilines is 1. The maximum Gasteiger partial charge on any atom is 0.234 e. The molecule has 1 amide bonds. The molecule has 114 valence electrons. The summed E-state index contributed by atoms with van der Waals surface area (Å²) in [6.07, 6.45) is 2.31. The van der Waals surface area contributed by atoms with Crippen LogP contribution in [0.4, 0.5) is 5.69 Å². The van der Waals surface area contributed by atoms with E-state index in [0.29, 0.717) is 18.6 Å². The van der Waals surface area contributed by atoms with Gasteiger partial charge in [-0.1, -0.05) is 17.7 Å². The van der Waals surface area contributed by atoms with Crippen molar-refractivity contribution in [3.8, 4) is 0 Å². The number of hydrogen-bond acceptors (Lipinski definition) is 3. The number of rotatable bonds is 4. The van der Waals surface area contributed by atoms with E-state index in [1.807, 2.05) is 0 Å².